The largest absolute Gasteiger partial charge is 0.379 e. The van der Waals surface area contributed by atoms with E-state index in [4.69, 9.17) is 4.74 Å². The van der Waals surface area contributed by atoms with Crippen LogP contribution in [0.5, 0.6) is 0 Å². The van der Waals surface area contributed by atoms with Crippen LogP contribution in [0.15, 0.2) is 11.0 Å². The first-order valence-electron chi connectivity index (χ1n) is 7.18. The van der Waals surface area contributed by atoms with E-state index in [0.717, 1.165) is 16.3 Å². The molecular formula is C13H16N4O4S3. The maximum atomic E-state index is 12.7. The molecular weight excluding hydrogens is 372 g/mol. The molecule has 0 bridgehead atoms. The SMILES string of the molecule is Cc1nnc(NC(=O)c2cc(S(=O)(=O)N3CCOCC3)c(C)s2)s1. The number of hydrogen-bond donors (Lipinski definition) is 1. The van der Waals surface area contributed by atoms with Crippen LogP contribution in [0.2, 0.25) is 0 Å². The Labute approximate surface area is 147 Å². The second kappa shape index (κ2) is 6.84. The number of amides is 1. The summed E-state index contributed by atoms with van der Waals surface area (Å²) in [6.45, 7) is 4.89. The number of carbonyl (C=O) groups excluding carboxylic acids is 1. The summed E-state index contributed by atoms with van der Waals surface area (Å²) in [6.07, 6.45) is 0. The Hall–Kier alpha value is -1.40. The van der Waals surface area contributed by atoms with Crippen molar-refractivity contribution in [2.45, 2.75) is 18.7 Å². The average molecular weight is 388 g/mol. The molecule has 0 radical (unpaired) electrons. The monoisotopic (exact) mass is 388 g/mol. The van der Waals surface area contributed by atoms with E-state index in [0.29, 0.717) is 41.2 Å². The molecule has 1 aliphatic heterocycles. The predicted molar refractivity (Wildman–Crippen MR) is 91.2 cm³/mol. The zero-order valence-electron chi connectivity index (χ0n) is 13.1. The summed E-state index contributed by atoms with van der Waals surface area (Å²) >= 11 is 2.41. The van der Waals surface area contributed by atoms with Gasteiger partial charge < -0.3 is 4.74 Å². The Balaban J connectivity index is 1.82. The van der Waals surface area contributed by atoms with Gasteiger partial charge in [-0.3, -0.25) is 10.1 Å². The molecule has 1 N–H and O–H groups in total. The molecule has 8 nitrogen and oxygen atoms in total. The van der Waals surface area contributed by atoms with Gasteiger partial charge in [-0.15, -0.1) is 21.5 Å². The summed E-state index contributed by atoms with van der Waals surface area (Å²) in [4.78, 5) is 13.4. The van der Waals surface area contributed by atoms with Crippen LogP contribution in [0.4, 0.5) is 5.13 Å². The molecule has 0 aliphatic carbocycles. The van der Waals surface area contributed by atoms with E-state index in [1.165, 1.54) is 21.7 Å². The summed E-state index contributed by atoms with van der Waals surface area (Å²) in [7, 11) is -3.62. The van der Waals surface area contributed by atoms with Crippen LogP contribution in [0.25, 0.3) is 0 Å². The number of nitrogens with one attached hydrogen (secondary N) is 1. The van der Waals surface area contributed by atoms with Gasteiger partial charge in [0.15, 0.2) is 0 Å². The third kappa shape index (κ3) is 3.49. The van der Waals surface area contributed by atoms with E-state index in [1.54, 1.807) is 13.8 Å². The van der Waals surface area contributed by atoms with Crippen molar-refractivity contribution in [2.75, 3.05) is 31.6 Å². The van der Waals surface area contributed by atoms with Gasteiger partial charge >= 0.3 is 0 Å². The molecule has 130 valence electrons. The summed E-state index contributed by atoms with van der Waals surface area (Å²) in [6, 6.07) is 1.42. The molecule has 0 spiro atoms. The van der Waals surface area contributed by atoms with E-state index in [2.05, 4.69) is 15.5 Å². The number of carbonyl (C=O) groups is 1. The first kappa shape index (κ1) is 17.4. The highest BCUT2D eigenvalue weighted by Crippen LogP contribution is 2.29. The minimum atomic E-state index is -3.62. The van der Waals surface area contributed by atoms with Crippen molar-refractivity contribution in [1.82, 2.24) is 14.5 Å². The zero-order valence-corrected chi connectivity index (χ0v) is 15.6. The molecule has 3 heterocycles. The van der Waals surface area contributed by atoms with Gasteiger partial charge in [0.25, 0.3) is 5.91 Å². The molecule has 1 saturated heterocycles. The summed E-state index contributed by atoms with van der Waals surface area (Å²) in [5.74, 6) is -0.386. The van der Waals surface area contributed by atoms with Crippen LogP contribution >= 0.6 is 22.7 Å². The van der Waals surface area contributed by atoms with E-state index >= 15 is 0 Å². The Morgan fingerprint density at radius 2 is 1.96 bits per heavy atom. The van der Waals surface area contributed by atoms with Crippen LogP contribution in [0, 0.1) is 13.8 Å². The molecule has 2 aromatic rings. The van der Waals surface area contributed by atoms with Crippen LogP contribution in [-0.2, 0) is 14.8 Å². The Morgan fingerprint density at radius 3 is 2.58 bits per heavy atom. The third-order valence-electron chi connectivity index (χ3n) is 3.43. The molecule has 3 rings (SSSR count). The number of sulfonamides is 1. The number of aromatic nitrogens is 2. The second-order valence-electron chi connectivity index (χ2n) is 5.13. The smallest absolute Gasteiger partial charge is 0.267 e. The molecule has 0 atom stereocenters. The van der Waals surface area contributed by atoms with E-state index in [-0.39, 0.29) is 10.8 Å². The van der Waals surface area contributed by atoms with Gasteiger partial charge in [-0.05, 0) is 19.9 Å². The van der Waals surface area contributed by atoms with Crippen molar-refractivity contribution in [3.8, 4) is 0 Å². The lowest BCUT2D eigenvalue weighted by molar-refractivity contribution is 0.0730. The highest BCUT2D eigenvalue weighted by Gasteiger charge is 2.30. The second-order valence-corrected chi connectivity index (χ2v) is 9.47. The van der Waals surface area contributed by atoms with Crippen LogP contribution < -0.4 is 5.32 Å². The number of rotatable bonds is 4. The van der Waals surface area contributed by atoms with Crippen LogP contribution in [0.3, 0.4) is 0 Å². The standard InChI is InChI=1S/C13H16N4O4S3/c1-8-11(24(19,20)17-3-5-21-6-4-17)7-10(22-8)12(18)14-13-16-15-9(2)23-13/h7H,3-6H2,1-2H3,(H,14,16,18). The molecule has 1 amide bonds. The van der Waals surface area contributed by atoms with Gasteiger partial charge in [-0.25, -0.2) is 8.42 Å². The number of hydrogen-bond acceptors (Lipinski definition) is 8. The minimum absolute atomic E-state index is 0.174. The fourth-order valence-corrected chi connectivity index (χ4v) is 5.72. The zero-order chi connectivity index (χ0) is 17.3. The lowest BCUT2D eigenvalue weighted by Gasteiger charge is -2.25. The fourth-order valence-electron chi connectivity index (χ4n) is 2.27. The van der Waals surface area contributed by atoms with Crippen molar-refractivity contribution in [3.05, 3.63) is 20.8 Å². The fraction of sp³-hybridized carbons (Fsp3) is 0.462. The highest BCUT2D eigenvalue weighted by atomic mass is 32.2. The number of morpholine rings is 1. The van der Waals surface area contributed by atoms with E-state index < -0.39 is 10.0 Å². The molecule has 11 heteroatoms. The number of ether oxygens (including phenoxy) is 1. The van der Waals surface area contributed by atoms with Gasteiger partial charge in [-0.2, -0.15) is 4.31 Å². The topological polar surface area (TPSA) is 101 Å². The van der Waals surface area contributed by atoms with Gasteiger partial charge in [-0.1, -0.05) is 11.3 Å². The van der Waals surface area contributed by atoms with Crippen molar-refractivity contribution in [2.24, 2.45) is 0 Å². The molecule has 24 heavy (non-hydrogen) atoms. The number of thiophene rings is 1. The van der Waals surface area contributed by atoms with Crippen LogP contribution in [0.1, 0.15) is 19.6 Å². The van der Waals surface area contributed by atoms with Gasteiger partial charge in [0.2, 0.25) is 15.2 Å². The maximum absolute atomic E-state index is 12.7. The minimum Gasteiger partial charge on any atom is -0.379 e. The van der Waals surface area contributed by atoms with Crippen LogP contribution in [-0.4, -0.2) is 55.1 Å². The maximum Gasteiger partial charge on any atom is 0.267 e. The molecule has 2 aromatic heterocycles. The summed E-state index contributed by atoms with van der Waals surface area (Å²) < 4.78 is 32.0. The third-order valence-corrected chi connectivity index (χ3v) is 7.39. The molecule has 0 saturated carbocycles. The normalized spacial score (nSPS) is 16.2. The summed E-state index contributed by atoms with van der Waals surface area (Å²) in [5, 5.41) is 11.4. The number of anilines is 1. The first-order chi connectivity index (χ1) is 11.4. The van der Waals surface area contributed by atoms with Gasteiger partial charge in [0, 0.05) is 18.0 Å². The predicted octanol–water partition coefficient (Wildman–Crippen LogP) is 1.49. The van der Waals surface area contributed by atoms with E-state index in [1.807, 2.05) is 0 Å². The number of nitrogens with zero attached hydrogens (tertiary/aromatic N) is 3. The van der Waals surface area contributed by atoms with Crippen molar-refractivity contribution in [1.29, 1.82) is 0 Å². The first-order valence-corrected chi connectivity index (χ1v) is 10.2. The molecule has 1 aliphatic rings. The van der Waals surface area contributed by atoms with Crippen molar-refractivity contribution < 1.29 is 17.9 Å². The Bertz CT molecular complexity index is 852. The molecule has 0 aromatic carbocycles. The van der Waals surface area contributed by atoms with E-state index in [9.17, 15) is 13.2 Å². The Morgan fingerprint density at radius 1 is 1.25 bits per heavy atom. The Kier molecular flexibility index (Phi) is 4.97. The lowest BCUT2D eigenvalue weighted by Crippen LogP contribution is -2.40. The average Bonchev–Trinajstić information content (AvgIpc) is 3.14. The van der Waals surface area contributed by atoms with Crippen molar-refractivity contribution >= 4 is 43.7 Å². The molecule has 1 fully saturated rings. The van der Waals surface area contributed by atoms with Gasteiger partial charge in [0.05, 0.1) is 23.0 Å². The lowest BCUT2D eigenvalue weighted by atomic mass is 10.4. The number of aryl methyl sites for hydroxylation is 2. The van der Waals surface area contributed by atoms with Gasteiger partial charge in [0.1, 0.15) is 5.01 Å². The van der Waals surface area contributed by atoms with Crippen molar-refractivity contribution in [3.63, 3.8) is 0 Å². The summed E-state index contributed by atoms with van der Waals surface area (Å²) in [5.41, 5.74) is 0. The molecule has 0 unspecified atom stereocenters. The highest BCUT2D eigenvalue weighted by molar-refractivity contribution is 7.89. The quantitative estimate of drug-likeness (QED) is 0.851.